The third-order valence-corrected chi connectivity index (χ3v) is 5.88. The van der Waals surface area contributed by atoms with Gasteiger partial charge in [-0.05, 0) is 43.0 Å². The second-order valence-electron chi connectivity index (χ2n) is 8.55. The number of cyclic esters (lactones) is 1. The highest BCUT2D eigenvalue weighted by Gasteiger charge is 2.47. The monoisotopic (exact) mass is 451 g/mol. The fourth-order valence-corrected chi connectivity index (χ4v) is 4.30. The first kappa shape index (κ1) is 22.8. The van der Waals surface area contributed by atoms with E-state index in [0.717, 1.165) is 24.0 Å². The summed E-state index contributed by atoms with van der Waals surface area (Å²) in [6.07, 6.45) is 0.575. The lowest BCUT2D eigenvalue weighted by Crippen LogP contribution is -2.47. The maximum Gasteiger partial charge on any atom is 0.411 e. The Kier molecular flexibility index (Phi) is 6.93. The molecule has 3 amide bonds. The number of hydrogen-bond donors (Lipinski definition) is 2. The van der Waals surface area contributed by atoms with Crippen LogP contribution in [0.4, 0.5) is 10.5 Å². The number of hydrogen-bond acceptors (Lipinski definition) is 5. The first-order valence-corrected chi connectivity index (χ1v) is 11.2. The Morgan fingerprint density at radius 3 is 2.61 bits per heavy atom. The lowest BCUT2D eigenvalue weighted by molar-refractivity contribution is -0.126. The maximum atomic E-state index is 13.3. The molecule has 2 aliphatic rings. The number of nitrogens with one attached hydrogen (secondary N) is 2. The van der Waals surface area contributed by atoms with Crippen molar-refractivity contribution in [3.05, 3.63) is 65.2 Å². The van der Waals surface area contributed by atoms with Gasteiger partial charge in [-0.15, -0.1) is 0 Å². The molecule has 0 aromatic heterocycles. The minimum Gasteiger partial charge on any atom is -0.438 e. The summed E-state index contributed by atoms with van der Waals surface area (Å²) in [5.74, 6) is -0.453. The Morgan fingerprint density at radius 1 is 1.15 bits per heavy atom. The summed E-state index contributed by atoms with van der Waals surface area (Å²) in [5.41, 5.74) is 3.31. The number of carbonyl (C=O) groups excluding carboxylic acids is 3. The number of nitrogens with zero attached hydrogens (tertiary/aromatic N) is 1. The molecule has 4 rings (SSSR count). The lowest BCUT2D eigenvalue weighted by Gasteiger charge is -2.25. The molecule has 2 N–H and O–H groups in total. The fraction of sp³-hybridized carbons (Fsp3) is 0.400. The summed E-state index contributed by atoms with van der Waals surface area (Å²) < 4.78 is 11.3. The van der Waals surface area contributed by atoms with Crippen LogP contribution in [-0.2, 0) is 25.6 Å². The average Bonchev–Trinajstić information content (AvgIpc) is 3.41. The van der Waals surface area contributed by atoms with Crippen LogP contribution in [0.2, 0.25) is 0 Å². The zero-order valence-corrected chi connectivity index (χ0v) is 18.9. The quantitative estimate of drug-likeness (QED) is 0.673. The smallest absolute Gasteiger partial charge is 0.411 e. The highest BCUT2D eigenvalue weighted by molar-refractivity contribution is 5.90. The van der Waals surface area contributed by atoms with E-state index in [1.807, 2.05) is 31.2 Å². The van der Waals surface area contributed by atoms with E-state index in [4.69, 9.17) is 9.47 Å². The van der Waals surface area contributed by atoms with E-state index < -0.39 is 18.2 Å². The third-order valence-electron chi connectivity index (χ3n) is 5.88. The molecule has 2 fully saturated rings. The van der Waals surface area contributed by atoms with Crippen LogP contribution in [0.1, 0.15) is 42.6 Å². The van der Waals surface area contributed by atoms with Crippen LogP contribution in [0.15, 0.2) is 48.5 Å². The van der Waals surface area contributed by atoms with E-state index in [0.29, 0.717) is 24.4 Å². The molecule has 2 heterocycles. The van der Waals surface area contributed by atoms with Crippen molar-refractivity contribution >= 4 is 23.6 Å². The van der Waals surface area contributed by atoms with Gasteiger partial charge in [-0.1, -0.05) is 42.0 Å². The molecule has 0 aliphatic carbocycles. The first-order chi connectivity index (χ1) is 15.9. The molecule has 2 saturated heterocycles. The summed E-state index contributed by atoms with van der Waals surface area (Å²) in [6, 6.07) is 14.0. The van der Waals surface area contributed by atoms with Gasteiger partial charge in [0, 0.05) is 25.8 Å². The third kappa shape index (κ3) is 5.51. The second kappa shape index (κ2) is 10.0. The summed E-state index contributed by atoms with van der Waals surface area (Å²) in [4.78, 5) is 39.0. The van der Waals surface area contributed by atoms with Crippen molar-refractivity contribution in [1.29, 1.82) is 0 Å². The Labute approximate surface area is 193 Å². The number of anilines is 1. The molecule has 0 radical (unpaired) electrons. The molecule has 2 aromatic carbocycles. The van der Waals surface area contributed by atoms with Crippen molar-refractivity contribution in [1.82, 2.24) is 10.2 Å². The largest absolute Gasteiger partial charge is 0.438 e. The Morgan fingerprint density at radius 2 is 1.94 bits per heavy atom. The summed E-state index contributed by atoms with van der Waals surface area (Å²) in [5, 5.41) is 5.67. The standard InChI is InChI=1S/C25H29N3O5/c1-16-5-3-6-18(13-16)15-28-22(24(30)26-14-21-7-4-12-32-21)23(33-25(28)31)19-8-10-20(11-9-19)27-17(2)29/h3,5-6,8-11,13,21-23H,4,7,12,14-15H2,1-2H3,(H,26,30)(H,27,29). The van der Waals surface area contributed by atoms with Crippen molar-refractivity contribution in [2.75, 3.05) is 18.5 Å². The summed E-state index contributed by atoms with van der Waals surface area (Å²) in [7, 11) is 0. The van der Waals surface area contributed by atoms with Crippen molar-refractivity contribution in [3.63, 3.8) is 0 Å². The minimum atomic E-state index is -0.828. The number of benzene rings is 2. The molecule has 33 heavy (non-hydrogen) atoms. The van der Waals surface area contributed by atoms with Gasteiger partial charge in [-0.2, -0.15) is 0 Å². The van der Waals surface area contributed by atoms with Gasteiger partial charge in [0.05, 0.1) is 12.6 Å². The van der Waals surface area contributed by atoms with Gasteiger partial charge in [-0.25, -0.2) is 4.79 Å². The molecule has 8 nitrogen and oxygen atoms in total. The van der Waals surface area contributed by atoms with Crippen LogP contribution in [-0.4, -0.2) is 48.1 Å². The molecule has 8 heteroatoms. The van der Waals surface area contributed by atoms with Crippen molar-refractivity contribution in [3.8, 4) is 0 Å². The molecule has 0 bridgehead atoms. The molecule has 2 aliphatic heterocycles. The van der Waals surface area contributed by atoms with E-state index in [2.05, 4.69) is 10.6 Å². The average molecular weight is 452 g/mol. The second-order valence-corrected chi connectivity index (χ2v) is 8.55. The van der Waals surface area contributed by atoms with Gasteiger partial charge >= 0.3 is 6.09 Å². The number of ether oxygens (including phenoxy) is 2. The predicted octanol–water partition coefficient (Wildman–Crippen LogP) is 3.31. The Bertz CT molecular complexity index is 1020. The minimum absolute atomic E-state index is 0.00687. The number of aryl methyl sites for hydroxylation is 1. The van der Waals surface area contributed by atoms with E-state index in [9.17, 15) is 14.4 Å². The molecule has 0 spiro atoms. The molecular weight excluding hydrogens is 422 g/mol. The SMILES string of the molecule is CC(=O)Nc1ccc(C2OC(=O)N(Cc3cccc(C)c3)C2C(=O)NCC2CCCO2)cc1. The van der Waals surface area contributed by atoms with E-state index in [1.165, 1.54) is 11.8 Å². The van der Waals surface area contributed by atoms with Crippen LogP contribution in [0.5, 0.6) is 0 Å². The first-order valence-electron chi connectivity index (χ1n) is 11.2. The van der Waals surface area contributed by atoms with Gasteiger partial charge in [0.1, 0.15) is 0 Å². The zero-order valence-electron chi connectivity index (χ0n) is 18.9. The molecule has 2 aromatic rings. The molecular formula is C25H29N3O5. The molecule has 0 saturated carbocycles. The van der Waals surface area contributed by atoms with Gasteiger partial charge in [0.15, 0.2) is 12.1 Å². The fourth-order valence-electron chi connectivity index (χ4n) is 4.30. The summed E-state index contributed by atoms with van der Waals surface area (Å²) >= 11 is 0. The number of carbonyl (C=O) groups is 3. The van der Waals surface area contributed by atoms with Crippen LogP contribution in [0, 0.1) is 6.92 Å². The van der Waals surface area contributed by atoms with Crippen LogP contribution in [0.3, 0.4) is 0 Å². The summed E-state index contributed by atoms with van der Waals surface area (Å²) in [6.45, 7) is 4.78. The van der Waals surface area contributed by atoms with Gasteiger partial charge < -0.3 is 20.1 Å². The Hall–Kier alpha value is -3.39. The number of amides is 3. The normalized spacial score (nSPS) is 22.2. The van der Waals surface area contributed by atoms with E-state index in [-0.39, 0.29) is 24.5 Å². The van der Waals surface area contributed by atoms with Crippen LogP contribution < -0.4 is 10.6 Å². The van der Waals surface area contributed by atoms with Crippen molar-refractivity contribution < 1.29 is 23.9 Å². The highest BCUT2D eigenvalue weighted by Crippen LogP contribution is 2.34. The topological polar surface area (TPSA) is 97.0 Å². The maximum absolute atomic E-state index is 13.3. The van der Waals surface area contributed by atoms with Crippen LogP contribution in [0.25, 0.3) is 0 Å². The van der Waals surface area contributed by atoms with Gasteiger partial charge in [-0.3, -0.25) is 14.5 Å². The van der Waals surface area contributed by atoms with Gasteiger partial charge in [0.25, 0.3) is 0 Å². The van der Waals surface area contributed by atoms with Gasteiger partial charge in [0.2, 0.25) is 11.8 Å². The molecule has 3 atom stereocenters. The zero-order chi connectivity index (χ0) is 23.4. The van der Waals surface area contributed by atoms with Crippen molar-refractivity contribution in [2.24, 2.45) is 0 Å². The van der Waals surface area contributed by atoms with E-state index >= 15 is 0 Å². The Balaban J connectivity index is 1.57. The highest BCUT2D eigenvalue weighted by atomic mass is 16.6. The van der Waals surface area contributed by atoms with E-state index in [1.54, 1.807) is 24.3 Å². The predicted molar refractivity (Wildman–Crippen MR) is 122 cm³/mol. The molecule has 174 valence electrons. The molecule has 3 unspecified atom stereocenters. The van der Waals surface area contributed by atoms with Crippen molar-refractivity contribution in [2.45, 2.75) is 51.5 Å². The van der Waals surface area contributed by atoms with Crippen LogP contribution >= 0.6 is 0 Å². The number of rotatable bonds is 7. The lowest BCUT2D eigenvalue weighted by atomic mass is 10.00.